The van der Waals surface area contributed by atoms with Gasteiger partial charge in [0.2, 0.25) is 0 Å². The number of nitrogens with zero attached hydrogens (tertiary/aromatic N) is 1. The zero-order valence-corrected chi connectivity index (χ0v) is 14.8. The average Bonchev–Trinajstić information content (AvgIpc) is 3.02. The summed E-state index contributed by atoms with van der Waals surface area (Å²) in [6.07, 6.45) is 3.48. The number of pyridine rings is 1. The molecule has 8 heteroatoms. The van der Waals surface area contributed by atoms with Crippen LogP contribution in [0.15, 0.2) is 65.1 Å². The normalized spacial score (nSPS) is 11.2. The van der Waals surface area contributed by atoms with E-state index < -0.39 is 10.0 Å². The summed E-state index contributed by atoms with van der Waals surface area (Å²) in [7, 11) is -3.60. The van der Waals surface area contributed by atoms with Crippen molar-refractivity contribution >= 4 is 44.3 Å². The number of thiophene rings is 1. The summed E-state index contributed by atoms with van der Waals surface area (Å²) < 4.78 is 27.6. The number of halogens is 1. The van der Waals surface area contributed by atoms with Crippen molar-refractivity contribution < 1.29 is 8.42 Å². The molecule has 2 aromatic heterocycles. The molecule has 5 nitrogen and oxygen atoms in total. The van der Waals surface area contributed by atoms with Crippen molar-refractivity contribution in [3.05, 3.63) is 70.8 Å². The molecule has 0 aliphatic rings. The second-order valence-electron chi connectivity index (χ2n) is 4.95. The van der Waals surface area contributed by atoms with Crippen LogP contribution in [0.2, 0.25) is 4.34 Å². The summed E-state index contributed by atoms with van der Waals surface area (Å²) in [6, 6.07) is 14.0. The highest BCUT2D eigenvalue weighted by atomic mass is 35.5. The number of benzene rings is 1. The van der Waals surface area contributed by atoms with E-state index in [4.69, 9.17) is 11.6 Å². The van der Waals surface area contributed by atoms with Gasteiger partial charge in [-0.05, 0) is 54.1 Å². The van der Waals surface area contributed by atoms with Crippen molar-refractivity contribution in [1.82, 2.24) is 4.98 Å². The molecular formula is C16H14ClN3O2S2. The van der Waals surface area contributed by atoms with Crippen molar-refractivity contribution in [2.45, 2.75) is 10.8 Å². The number of aromatic nitrogens is 1. The van der Waals surface area contributed by atoms with Gasteiger partial charge in [0, 0.05) is 30.3 Å². The monoisotopic (exact) mass is 379 g/mol. The van der Waals surface area contributed by atoms with Crippen LogP contribution in [-0.4, -0.2) is 13.4 Å². The molecule has 0 radical (unpaired) electrons. The third kappa shape index (κ3) is 4.25. The quantitative estimate of drug-likeness (QED) is 0.673. The molecule has 2 N–H and O–H groups in total. The molecule has 24 heavy (non-hydrogen) atoms. The molecule has 0 aliphatic carbocycles. The molecule has 0 aliphatic heterocycles. The lowest BCUT2D eigenvalue weighted by Crippen LogP contribution is -2.11. The molecule has 0 amide bonds. The number of hydrogen-bond donors (Lipinski definition) is 2. The van der Waals surface area contributed by atoms with Crippen LogP contribution in [0.1, 0.15) is 5.56 Å². The molecule has 1 aromatic carbocycles. The maximum absolute atomic E-state index is 12.2. The molecule has 2 heterocycles. The van der Waals surface area contributed by atoms with Gasteiger partial charge in [0.1, 0.15) is 4.21 Å². The predicted octanol–water partition coefficient (Wildman–Crippen LogP) is 4.21. The maximum Gasteiger partial charge on any atom is 0.271 e. The second-order valence-corrected chi connectivity index (χ2v) is 8.57. The third-order valence-corrected chi connectivity index (χ3v) is 6.30. The van der Waals surface area contributed by atoms with Gasteiger partial charge >= 0.3 is 0 Å². The van der Waals surface area contributed by atoms with Gasteiger partial charge in [-0.15, -0.1) is 11.3 Å². The number of hydrogen-bond acceptors (Lipinski definition) is 5. The van der Waals surface area contributed by atoms with Crippen LogP contribution in [0.5, 0.6) is 0 Å². The zero-order valence-electron chi connectivity index (χ0n) is 12.4. The Morgan fingerprint density at radius 3 is 2.25 bits per heavy atom. The lowest BCUT2D eigenvalue weighted by atomic mass is 10.2. The van der Waals surface area contributed by atoms with Crippen molar-refractivity contribution in [1.29, 1.82) is 0 Å². The standard InChI is InChI=1S/C16H14ClN3O2S2/c17-15-5-6-16(23-15)24(21,22)20-14-3-1-13(2-4-14)19-11-12-7-9-18-10-8-12/h1-10,19-20H,11H2. The van der Waals surface area contributed by atoms with E-state index in [-0.39, 0.29) is 4.21 Å². The molecule has 0 spiro atoms. The molecule has 0 unspecified atom stereocenters. The Balaban J connectivity index is 1.64. The first-order valence-corrected chi connectivity index (χ1v) is 9.72. The molecule has 3 aromatic rings. The van der Waals surface area contributed by atoms with Gasteiger partial charge in [0.05, 0.1) is 4.34 Å². The fourth-order valence-corrected chi connectivity index (χ4v) is 4.55. The first-order valence-electron chi connectivity index (χ1n) is 7.04. The van der Waals surface area contributed by atoms with Crippen molar-refractivity contribution in [3.8, 4) is 0 Å². The summed E-state index contributed by atoms with van der Waals surface area (Å²) in [4.78, 5) is 3.97. The smallest absolute Gasteiger partial charge is 0.271 e. The van der Waals surface area contributed by atoms with E-state index >= 15 is 0 Å². The Morgan fingerprint density at radius 2 is 1.62 bits per heavy atom. The SMILES string of the molecule is O=S(=O)(Nc1ccc(NCc2ccncc2)cc1)c1ccc(Cl)s1. The Bertz CT molecular complexity index is 910. The average molecular weight is 380 g/mol. The highest BCUT2D eigenvalue weighted by molar-refractivity contribution is 7.94. The van der Waals surface area contributed by atoms with E-state index in [0.717, 1.165) is 22.6 Å². The molecule has 0 saturated carbocycles. The van der Waals surface area contributed by atoms with Crippen LogP contribution >= 0.6 is 22.9 Å². The summed E-state index contributed by atoms with van der Waals surface area (Å²) in [5.41, 5.74) is 2.51. The Kier molecular flexibility index (Phi) is 5.03. The van der Waals surface area contributed by atoms with E-state index in [1.165, 1.54) is 6.07 Å². The van der Waals surface area contributed by atoms with Crippen LogP contribution in [0, 0.1) is 0 Å². The fourth-order valence-electron chi connectivity index (χ4n) is 2.01. The van der Waals surface area contributed by atoms with Crippen LogP contribution in [0.25, 0.3) is 0 Å². The molecule has 0 fully saturated rings. The van der Waals surface area contributed by atoms with Gasteiger partial charge in [-0.2, -0.15) is 0 Å². The summed E-state index contributed by atoms with van der Waals surface area (Å²) in [6.45, 7) is 0.668. The number of anilines is 2. The first kappa shape index (κ1) is 16.8. The van der Waals surface area contributed by atoms with Crippen molar-refractivity contribution in [2.75, 3.05) is 10.0 Å². The maximum atomic E-state index is 12.2. The van der Waals surface area contributed by atoms with Crippen molar-refractivity contribution in [2.24, 2.45) is 0 Å². The first-order chi connectivity index (χ1) is 11.5. The van der Waals surface area contributed by atoms with Crippen LogP contribution in [0.4, 0.5) is 11.4 Å². The number of sulfonamides is 1. The molecule has 3 rings (SSSR count). The fraction of sp³-hybridized carbons (Fsp3) is 0.0625. The van der Waals surface area contributed by atoms with Gasteiger partial charge in [-0.25, -0.2) is 8.42 Å². The second kappa shape index (κ2) is 7.21. The summed E-state index contributed by atoms with van der Waals surface area (Å²) in [5, 5.41) is 3.27. The van der Waals surface area contributed by atoms with E-state index in [1.54, 1.807) is 30.6 Å². The molecule has 0 atom stereocenters. The van der Waals surface area contributed by atoms with Gasteiger partial charge in [0.15, 0.2) is 0 Å². The van der Waals surface area contributed by atoms with E-state index in [9.17, 15) is 8.42 Å². The lowest BCUT2D eigenvalue weighted by molar-refractivity contribution is 0.603. The summed E-state index contributed by atoms with van der Waals surface area (Å²) >= 11 is 6.81. The minimum atomic E-state index is -3.60. The number of rotatable bonds is 6. The Labute approximate surface area is 149 Å². The van der Waals surface area contributed by atoms with E-state index in [0.29, 0.717) is 16.6 Å². The van der Waals surface area contributed by atoms with E-state index in [2.05, 4.69) is 15.0 Å². The molecular weight excluding hydrogens is 366 g/mol. The van der Waals surface area contributed by atoms with Gasteiger partial charge in [0.25, 0.3) is 10.0 Å². The highest BCUT2D eigenvalue weighted by Crippen LogP contribution is 2.27. The van der Waals surface area contributed by atoms with Gasteiger partial charge < -0.3 is 5.32 Å². The highest BCUT2D eigenvalue weighted by Gasteiger charge is 2.16. The Morgan fingerprint density at radius 1 is 0.958 bits per heavy atom. The largest absolute Gasteiger partial charge is 0.381 e. The van der Waals surface area contributed by atoms with E-state index in [1.807, 2.05) is 24.3 Å². The van der Waals surface area contributed by atoms with Crippen molar-refractivity contribution in [3.63, 3.8) is 0 Å². The summed E-state index contributed by atoms with van der Waals surface area (Å²) in [5.74, 6) is 0. The lowest BCUT2D eigenvalue weighted by Gasteiger charge is -2.09. The Hall–Kier alpha value is -2.09. The third-order valence-electron chi connectivity index (χ3n) is 3.20. The predicted molar refractivity (Wildman–Crippen MR) is 98.1 cm³/mol. The topological polar surface area (TPSA) is 71.1 Å². The zero-order chi connectivity index (χ0) is 17.0. The van der Waals surface area contributed by atoms with Crippen LogP contribution in [0.3, 0.4) is 0 Å². The molecule has 0 saturated heterocycles. The van der Waals surface area contributed by atoms with Crippen LogP contribution in [-0.2, 0) is 16.6 Å². The van der Waals surface area contributed by atoms with Gasteiger partial charge in [-0.1, -0.05) is 11.6 Å². The van der Waals surface area contributed by atoms with Crippen LogP contribution < -0.4 is 10.0 Å². The minimum Gasteiger partial charge on any atom is -0.381 e. The minimum absolute atomic E-state index is 0.187. The van der Waals surface area contributed by atoms with Gasteiger partial charge in [-0.3, -0.25) is 9.71 Å². The number of nitrogens with one attached hydrogen (secondary N) is 2. The molecule has 124 valence electrons. The molecule has 0 bridgehead atoms.